The van der Waals surface area contributed by atoms with E-state index in [0.717, 1.165) is 27.2 Å². The molecule has 4 heteroatoms. The first-order chi connectivity index (χ1) is 9.04. The Balaban J connectivity index is 2.09. The van der Waals surface area contributed by atoms with Crippen molar-refractivity contribution in [2.45, 2.75) is 20.8 Å². The molecule has 2 heterocycles. The minimum Gasteiger partial charge on any atom is -0.453 e. The van der Waals surface area contributed by atoms with Gasteiger partial charge < -0.3 is 4.42 Å². The van der Waals surface area contributed by atoms with Crippen LogP contribution in [0.25, 0.3) is 11.0 Å². The van der Waals surface area contributed by atoms with Gasteiger partial charge in [-0.05, 0) is 39.0 Å². The molecule has 0 saturated carbocycles. The topological polar surface area (TPSA) is 43.1 Å². The van der Waals surface area contributed by atoms with Gasteiger partial charge in [0.25, 0.3) is 0 Å². The average molecular weight is 271 g/mol. The molecule has 0 aliphatic heterocycles. The molecule has 3 nitrogen and oxygen atoms in total. The largest absolute Gasteiger partial charge is 0.453 e. The first-order valence-corrected chi connectivity index (χ1v) is 6.85. The van der Waals surface area contributed by atoms with Crippen LogP contribution < -0.4 is 0 Å². The van der Waals surface area contributed by atoms with Crippen molar-refractivity contribution in [2.24, 2.45) is 0 Å². The molecule has 1 aromatic carbocycles. The van der Waals surface area contributed by atoms with E-state index >= 15 is 0 Å². The fourth-order valence-electron chi connectivity index (χ4n) is 2.13. The third kappa shape index (κ3) is 2.08. The number of hydrogen-bond acceptors (Lipinski definition) is 4. The Morgan fingerprint density at radius 1 is 1.21 bits per heavy atom. The molecule has 0 radical (unpaired) electrons. The molecular weight excluding hydrogens is 258 g/mol. The number of nitrogens with zero attached hydrogens (tertiary/aromatic N) is 1. The maximum atomic E-state index is 12.4. The quantitative estimate of drug-likeness (QED) is 0.660. The summed E-state index contributed by atoms with van der Waals surface area (Å²) in [5, 5.41) is 1.86. The summed E-state index contributed by atoms with van der Waals surface area (Å²) in [7, 11) is 0. The van der Waals surface area contributed by atoms with Gasteiger partial charge in [0.1, 0.15) is 10.5 Å². The molecule has 0 aliphatic carbocycles. The molecule has 3 aromatic rings. The second kappa shape index (κ2) is 4.31. The third-order valence-electron chi connectivity index (χ3n) is 3.01. The Bertz CT molecular complexity index is 783. The molecule has 0 saturated heterocycles. The van der Waals surface area contributed by atoms with Crippen molar-refractivity contribution in [1.82, 2.24) is 4.98 Å². The number of benzene rings is 1. The Hall–Kier alpha value is -1.94. The summed E-state index contributed by atoms with van der Waals surface area (Å²) < 4.78 is 5.63. The number of rotatable bonds is 2. The summed E-state index contributed by atoms with van der Waals surface area (Å²) in [6, 6.07) is 7.69. The first-order valence-electron chi connectivity index (χ1n) is 6.03. The number of ketones is 1. The smallest absolute Gasteiger partial charge is 0.240 e. The van der Waals surface area contributed by atoms with Crippen LogP contribution in [0.2, 0.25) is 0 Å². The summed E-state index contributed by atoms with van der Waals surface area (Å²) in [6.07, 6.45) is 0. The zero-order valence-corrected chi connectivity index (χ0v) is 11.8. The van der Waals surface area contributed by atoms with Gasteiger partial charge in [0.2, 0.25) is 5.78 Å². The highest BCUT2D eigenvalue weighted by molar-refractivity contribution is 7.13. The van der Waals surface area contributed by atoms with Crippen LogP contribution in [0.1, 0.15) is 31.7 Å². The number of aromatic nitrogens is 1. The molecule has 0 N–H and O–H groups in total. The molecule has 3 rings (SSSR count). The van der Waals surface area contributed by atoms with Crippen LogP contribution in [-0.2, 0) is 0 Å². The highest BCUT2D eigenvalue weighted by atomic mass is 32.1. The van der Waals surface area contributed by atoms with Crippen molar-refractivity contribution >= 4 is 28.1 Å². The van der Waals surface area contributed by atoms with E-state index in [1.54, 1.807) is 6.07 Å². The van der Waals surface area contributed by atoms with Gasteiger partial charge in [0, 0.05) is 5.39 Å². The number of furan rings is 1. The van der Waals surface area contributed by atoms with Crippen LogP contribution in [0.15, 0.2) is 28.7 Å². The lowest BCUT2D eigenvalue weighted by atomic mass is 10.1. The Morgan fingerprint density at radius 3 is 2.68 bits per heavy atom. The van der Waals surface area contributed by atoms with Crippen molar-refractivity contribution in [2.75, 3.05) is 0 Å². The number of carbonyl (C=O) groups is 1. The lowest BCUT2D eigenvalue weighted by Gasteiger charge is -1.93. The summed E-state index contributed by atoms with van der Waals surface area (Å²) in [5.41, 5.74) is 2.66. The van der Waals surface area contributed by atoms with Crippen LogP contribution in [0.3, 0.4) is 0 Å². The summed E-state index contributed by atoms with van der Waals surface area (Å²) in [5.74, 6) is 0.296. The highest BCUT2D eigenvalue weighted by Crippen LogP contribution is 2.26. The lowest BCUT2D eigenvalue weighted by molar-refractivity contribution is 0.101. The van der Waals surface area contributed by atoms with Gasteiger partial charge in [-0.1, -0.05) is 11.6 Å². The molecule has 0 spiro atoms. The van der Waals surface area contributed by atoms with E-state index in [2.05, 4.69) is 4.98 Å². The molecule has 0 amide bonds. The predicted octanol–water partition coefficient (Wildman–Crippen LogP) is 4.05. The average Bonchev–Trinajstić information content (AvgIpc) is 2.91. The highest BCUT2D eigenvalue weighted by Gasteiger charge is 2.19. The van der Waals surface area contributed by atoms with Crippen molar-refractivity contribution in [3.63, 3.8) is 0 Å². The summed E-state index contributed by atoms with van der Waals surface area (Å²) in [6.45, 7) is 5.77. The molecule has 0 unspecified atom stereocenters. The minimum absolute atomic E-state index is 0.0862. The van der Waals surface area contributed by atoms with Crippen molar-refractivity contribution < 1.29 is 9.21 Å². The Labute approximate surface area is 114 Å². The minimum atomic E-state index is -0.0862. The van der Waals surface area contributed by atoms with Gasteiger partial charge in [-0.25, -0.2) is 4.98 Å². The van der Waals surface area contributed by atoms with Crippen molar-refractivity contribution in [3.8, 4) is 0 Å². The molecule has 96 valence electrons. The molecule has 0 aliphatic rings. The third-order valence-corrected chi connectivity index (χ3v) is 4.08. The summed E-state index contributed by atoms with van der Waals surface area (Å²) in [4.78, 5) is 17.4. The standard InChI is InChI=1S/C15H13NO2S/c1-8-4-5-12-11(6-8)7-13(18-12)14(17)15-9(2)16-10(3)19-15/h4-7H,1-3H3. The van der Waals surface area contributed by atoms with Crippen LogP contribution in [0, 0.1) is 20.8 Å². The first kappa shape index (κ1) is 12.1. The second-order valence-electron chi connectivity index (χ2n) is 4.63. The van der Waals surface area contributed by atoms with E-state index in [9.17, 15) is 4.79 Å². The van der Waals surface area contributed by atoms with Gasteiger partial charge in [0.05, 0.1) is 10.7 Å². The summed E-state index contributed by atoms with van der Waals surface area (Å²) >= 11 is 1.41. The van der Waals surface area contributed by atoms with E-state index in [1.165, 1.54) is 11.3 Å². The van der Waals surface area contributed by atoms with Gasteiger partial charge in [-0.15, -0.1) is 11.3 Å². The maximum absolute atomic E-state index is 12.4. The van der Waals surface area contributed by atoms with E-state index in [4.69, 9.17) is 4.42 Å². The molecule has 0 atom stereocenters. The number of carbonyl (C=O) groups excluding carboxylic acids is 1. The van der Waals surface area contributed by atoms with E-state index in [0.29, 0.717) is 10.6 Å². The zero-order chi connectivity index (χ0) is 13.6. The zero-order valence-electron chi connectivity index (χ0n) is 11.0. The number of fused-ring (bicyclic) bond motifs is 1. The second-order valence-corrected chi connectivity index (χ2v) is 5.83. The Morgan fingerprint density at radius 2 is 2.00 bits per heavy atom. The van der Waals surface area contributed by atoms with Crippen LogP contribution in [0.5, 0.6) is 0 Å². The number of aryl methyl sites for hydroxylation is 3. The van der Waals surface area contributed by atoms with E-state index in [1.807, 2.05) is 39.0 Å². The monoisotopic (exact) mass is 271 g/mol. The molecule has 0 bridgehead atoms. The van der Waals surface area contributed by atoms with Crippen LogP contribution in [-0.4, -0.2) is 10.8 Å². The predicted molar refractivity (Wildman–Crippen MR) is 76.0 cm³/mol. The van der Waals surface area contributed by atoms with E-state index in [-0.39, 0.29) is 5.78 Å². The molecule has 0 fully saturated rings. The fourth-order valence-corrected chi connectivity index (χ4v) is 2.99. The molecular formula is C15H13NO2S. The normalized spacial score (nSPS) is 11.1. The fraction of sp³-hybridized carbons (Fsp3) is 0.200. The van der Waals surface area contributed by atoms with Crippen LogP contribution in [0.4, 0.5) is 0 Å². The maximum Gasteiger partial charge on any atom is 0.240 e. The molecule has 19 heavy (non-hydrogen) atoms. The van der Waals surface area contributed by atoms with Crippen LogP contribution >= 0.6 is 11.3 Å². The van der Waals surface area contributed by atoms with Crippen molar-refractivity contribution in [3.05, 3.63) is 51.2 Å². The Kier molecular flexibility index (Phi) is 2.75. The van der Waals surface area contributed by atoms with Gasteiger partial charge in [-0.2, -0.15) is 0 Å². The SMILES string of the molecule is Cc1ccc2oc(C(=O)c3sc(C)nc3C)cc2c1. The van der Waals surface area contributed by atoms with Gasteiger partial charge in [-0.3, -0.25) is 4.79 Å². The van der Waals surface area contributed by atoms with Crippen molar-refractivity contribution in [1.29, 1.82) is 0 Å². The number of thiazole rings is 1. The molecule has 2 aromatic heterocycles. The van der Waals surface area contributed by atoms with E-state index < -0.39 is 0 Å². The number of hydrogen-bond donors (Lipinski definition) is 0. The lowest BCUT2D eigenvalue weighted by Crippen LogP contribution is -1.98. The van der Waals surface area contributed by atoms with Gasteiger partial charge >= 0.3 is 0 Å². The van der Waals surface area contributed by atoms with Gasteiger partial charge in [0.15, 0.2) is 5.76 Å².